The van der Waals surface area contributed by atoms with E-state index in [1.54, 1.807) is 16.7 Å². The second-order valence-corrected chi connectivity index (χ2v) is 6.73. The second kappa shape index (κ2) is 6.06. The quantitative estimate of drug-likeness (QED) is 0.703. The van der Waals surface area contributed by atoms with Crippen molar-refractivity contribution in [3.8, 4) is 0 Å². The summed E-state index contributed by atoms with van der Waals surface area (Å²) < 4.78 is 0. The molecule has 1 aliphatic heterocycles. The summed E-state index contributed by atoms with van der Waals surface area (Å²) in [6.45, 7) is 20.8. The highest BCUT2D eigenvalue weighted by molar-refractivity contribution is 5.44. The molecule has 0 saturated carbocycles. The molecule has 0 bridgehead atoms. The first-order chi connectivity index (χ1) is 8.25. The lowest BCUT2D eigenvalue weighted by Gasteiger charge is -2.39. The molecule has 0 aliphatic carbocycles. The average molecular weight is 249 g/mol. The Labute approximate surface area is 114 Å². The molecule has 0 amide bonds. The third-order valence-corrected chi connectivity index (χ3v) is 4.01. The van der Waals surface area contributed by atoms with Crippen molar-refractivity contribution in [3.05, 3.63) is 22.3 Å². The van der Waals surface area contributed by atoms with E-state index in [-0.39, 0.29) is 0 Å². The maximum atomic E-state index is 2.60. The van der Waals surface area contributed by atoms with E-state index >= 15 is 0 Å². The molecule has 1 heterocycles. The lowest BCUT2D eigenvalue weighted by atomic mass is 9.81. The second-order valence-electron chi connectivity index (χ2n) is 6.73. The van der Waals surface area contributed by atoms with Crippen LogP contribution in [0.15, 0.2) is 22.3 Å². The van der Waals surface area contributed by atoms with Crippen LogP contribution >= 0.6 is 0 Å². The van der Waals surface area contributed by atoms with Crippen LogP contribution in [0.3, 0.4) is 0 Å². The monoisotopic (exact) mass is 249 g/mol. The zero-order valence-corrected chi connectivity index (χ0v) is 13.6. The van der Waals surface area contributed by atoms with Crippen molar-refractivity contribution >= 4 is 0 Å². The maximum Gasteiger partial charge on any atom is 0.0242 e. The van der Waals surface area contributed by atoms with Gasteiger partial charge in [0, 0.05) is 19.1 Å². The number of nitrogens with zero attached hydrogens (tertiary/aromatic N) is 1. The molecule has 0 unspecified atom stereocenters. The fraction of sp³-hybridized carbons (Fsp3) is 0.765. The largest absolute Gasteiger partial charge is 0.293 e. The number of hydrogen-bond donors (Lipinski definition) is 0. The standard InChI is InChI=1S/C17H31N/c1-11(2)15-9-18(14(7)8)10-16(12(3)4)17(15)13(5)6/h11,13-14H,9-10H2,1-8H3. The van der Waals surface area contributed by atoms with Gasteiger partial charge in [0.05, 0.1) is 0 Å². The molecular weight excluding hydrogens is 218 g/mol. The highest BCUT2D eigenvalue weighted by atomic mass is 15.2. The molecule has 0 saturated heterocycles. The fourth-order valence-corrected chi connectivity index (χ4v) is 2.85. The summed E-state index contributed by atoms with van der Waals surface area (Å²) >= 11 is 0. The van der Waals surface area contributed by atoms with Gasteiger partial charge in [-0.2, -0.15) is 0 Å². The van der Waals surface area contributed by atoms with E-state index in [1.165, 1.54) is 5.57 Å². The lowest BCUT2D eigenvalue weighted by Crippen LogP contribution is -2.40. The molecule has 0 aromatic carbocycles. The van der Waals surface area contributed by atoms with E-state index in [2.05, 4.69) is 60.3 Å². The van der Waals surface area contributed by atoms with Crippen LogP contribution < -0.4 is 0 Å². The topological polar surface area (TPSA) is 3.24 Å². The van der Waals surface area contributed by atoms with Crippen LogP contribution in [0.2, 0.25) is 0 Å². The minimum absolute atomic E-state index is 0.627. The molecule has 0 spiro atoms. The van der Waals surface area contributed by atoms with Gasteiger partial charge >= 0.3 is 0 Å². The van der Waals surface area contributed by atoms with E-state index in [4.69, 9.17) is 0 Å². The van der Waals surface area contributed by atoms with Gasteiger partial charge in [0.25, 0.3) is 0 Å². The summed E-state index contributed by atoms with van der Waals surface area (Å²) in [5.74, 6) is 1.29. The Balaban J connectivity index is 3.32. The Morgan fingerprint density at radius 1 is 0.889 bits per heavy atom. The first kappa shape index (κ1) is 15.5. The summed E-state index contributed by atoms with van der Waals surface area (Å²) in [7, 11) is 0. The molecular formula is C17H31N. The van der Waals surface area contributed by atoms with Crippen molar-refractivity contribution in [1.82, 2.24) is 4.90 Å². The predicted octanol–water partition coefficient (Wildman–Crippen LogP) is 4.66. The fourth-order valence-electron chi connectivity index (χ4n) is 2.85. The smallest absolute Gasteiger partial charge is 0.0242 e. The van der Waals surface area contributed by atoms with Crippen molar-refractivity contribution in [2.24, 2.45) is 11.8 Å². The molecule has 104 valence electrons. The molecule has 18 heavy (non-hydrogen) atoms. The van der Waals surface area contributed by atoms with Crippen LogP contribution in [0.25, 0.3) is 0 Å². The Morgan fingerprint density at radius 3 is 1.78 bits per heavy atom. The van der Waals surface area contributed by atoms with Gasteiger partial charge in [-0.05, 0) is 56.3 Å². The third kappa shape index (κ3) is 3.26. The average Bonchev–Trinajstić information content (AvgIpc) is 2.26. The molecule has 0 N–H and O–H groups in total. The molecule has 1 nitrogen and oxygen atoms in total. The van der Waals surface area contributed by atoms with Crippen LogP contribution in [0.4, 0.5) is 0 Å². The summed E-state index contributed by atoms with van der Waals surface area (Å²) in [5, 5.41) is 0. The third-order valence-electron chi connectivity index (χ3n) is 4.01. The van der Waals surface area contributed by atoms with Gasteiger partial charge in [0.15, 0.2) is 0 Å². The molecule has 0 radical (unpaired) electrons. The molecule has 1 aliphatic rings. The minimum Gasteiger partial charge on any atom is -0.293 e. The van der Waals surface area contributed by atoms with E-state index in [9.17, 15) is 0 Å². The Hall–Kier alpha value is -0.560. The maximum absolute atomic E-state index is 2.60. The van der Waals surface area contributed by atoms with Gasteiger partial charge < -0.3 is 0 Å². The van der Waals surface area contributed by atoms with Crippen LogP contribution in [-0.2, 0) is 0 Å². The number of allylic oxidation sites excluding steroid dienone is 1. The van der Waals surface area contributed by atoms with E-state index < -0.39 is 0 Å². The van der Waals surface area contributed by atoms with Gasteiger partial charge in [-0.25, -0.2) is 0 Å². The van der Waals surface area contributed by atoms with E-state index in [0.717, 1.165) is 13.1 Å². The van der Waals surface area contributed by atoms with Crippen molar-refractivity contribution in [3.63, 3.8) is 0 Å². The van der Waals surface area contributed by atoms with E-state index in [0.29, 0.717) is 17.9 Å². The molecule has 0 atom stereocenters. The van der Waals surface area contributed by atoms with Gasteiger partial charge in [-0.15, -0.1) is 0 Å². The van der Waals surface area contributed by atoms with Gasteiger partial charge in [0.1, 0.15) is 0 Å². The SMILES string of the molecule is CC(C)=C1CN(C(C)C)CC(C(C)C)=C1C(C)C. The Kier molecular flexibility index (Phi) is 5.21. The molecule has 0 aromatic heterocycles. The zero-order chi connectivity index (χ0) is 14.0. The predicted molar refractivity (Wildman–Crippen MR) is 81.8 cm³/mol. The van der Waals surface area contributed by atoms with Gasteiger partial charge in [0.2, 0.25) is 0 Å². The molecule has 1 heteroatoms. The van der Waals surface area contributed by atoms with Gasteiger partial charge in [-0.1, -0.05) is 33.3 Å². The van der Waals surface area contributed by atoms with Crippen molar-refractivity contribution in [2.45, 2.75) is 61.4 Å². The lowest BCUT2D eigenvalue weighted by molar-refractivity contribution is 0.243. The zero-order valence-electron chi connectivity index (χ0n) is 13.6. The summed E-state index contributed by atoms with van der Waals surface area (Å²) in [4.78, 5) is 2.60. The van der Waals surface area contributed by atoms with Gasteiger partial charge in [-0.3, -0.25) is 4.90 Å². The first-order valence-corrected chi connectivity index (χ1v) is 7.39. The first-order valence-electron chi connectivity index (χ1n) is 7.39. The minimum atomic E-state index is 0.627. The molecule has 1 rings (SSSR count). The van der Waals surface area contributed by atoms with Crippen LogP contribution in [0, 0.1) is 11.8 Å². The van der Waals surface area contributed by atoms with Crippen molar-refractivity contribution in [2.75, 3.05) is 13.1 Å². The Morgan fingerprint density at radius 2 is 1.44 bits per heavy atom. The number of rotatable bonds is 3. The van der Waals surface area contributed by atoms with Crippen molar-refractivity contribution < 1.29 is 0 Å². The van der Waals surface area contributed by atoms with Crippen LogP contribution in [0.5, 0.6) is 0 Å². The summed E-state index contributed by atoms with van der Waals surface area (Å²) in [6.07, 6.45) is 0. The highest BCUT2D eigenvalue weighted by Gasteiger charge is 2.27. The summed E-state index contributed by atoms with van der Waals surface area (Å²) in [6, 6.07) is 0.627. The molecule has 0 fully saturated rings. The Bertz CT molecular complexity index is 352. The van der Waals surface area contributed by atoms with E-state index in [1.807, 2.05) is 0 Å². The van der Waals surface area contributed by atoms with Crippen molar-refractivity contribution in [1.29, 1.82) is 0 Å². The van der Waals surface area contributed by atoms with Crippen LogP contribution in [0.1, 0.15) is 55.4 Å². The number of hydrogen-bond acceptors (Lipinski definition) is 1. The highest BCUT2D eigenvalue weighted by Crippen LogP contribution is 2.34. The van der Waals surface area contributed by atoms with Crippen LogP contribution in [-0.4, -0.2) is 24.0 Å². The summed E-state index contributed by atoms with van der Waals surface area (Å²) in [5.41, 5.74) is 6.37. The molecule has 0 aromatic rings. The normalized spacial score (nSPS) is 18.5.